The van der Waals surface area contributed by atoms with Gasteiger partial charge in [0.15, 0.2) is 0 Å². The molecule has 16 heavy (non-hydrogen) atoms. The van der Waals surface area contributed by atoms with Gasteiger partial charge in [0.05, 0.1) is 11.6 Å². The van der Waals surface area contributed by atoms with E-state index in [0.717, 1.165) is 38.3 Å². The molecule has 0 spiro atoms. The van der Waals surface area contributed by atoms with Crippen LogP contribution in [0, 0.1) is 6.92 Å². The first-order valence-corrected chi connectivity index (χ1v) is 6.86. The lowest BCUT2D eigenvalue weighted by atomic mass is 10.2. The molecule has 1 N–H and O–H groups in total. The Labute approximate surface area is 102 Å². The summed E-state index contributed by atoms with van der Waals surface area (Å²) in [5, 5.41) is 6.81. The maximum atomic E-state index is 5.49. The molecule has 0 amide bonds. The summed E-state index contributed by atoms with van der Waals surface area (Å²) in [6.45, 7) is 8.85. The van der Waals surface area contributed by atoms with Crippen molar-refractivity contribution >= 4 is 11.3 Å². The van der Waals surface area contributed by atoms with E-state index in [1.54, 1.807) is 11.3 Å². The average molecular weight is 242 g/mol. The molecule has 0 aliphatic carbocycles. The van der Waals surface area contributed by atoms with E-state index in [4.69, 9.17) is 4.74 Å². The normalized spacial score (nSPS) is 12.9. The van der Waals surface area contributed by atoms with Crippen LogP contribution >= 0.6 is 11.3 Å². The first-order valence-electron chi connectivity index (χ1n) is 5.98. The van der Waals surface area contributed by atoms with Crippen LogP contribution in [0.15, 0.2) is 5.38 Å². The number of thiazole rings is 1. The van der Waals surface area contributed by atoms with Crippen molar-refractivity contribution in [3.05, 3.63) is 16.1 Å². The second-order valence-electron chi connectivity index (χ2n) is 3.90. The number of ether oxygens (including phenoxy) is 1. The molecule has 0 saturated carbocycles. The molecule has 1 atom stereocenters. The molecule has 0 radical (unpaired) electrons. The van der Waals surface area contributed by atoms with Crippen LogP contribution < -0.4 is 5.32 Å². The van der Waals surface area contributed by atoms with E-state index < -0.39 is 0 Å². The number of rotatable bonds is 8. The van der Waals surface area contributed by atoms with Crippen molar-refractivity contribution < 1.29 is 4.74 Å². The topological polar surface area (TPSA) is 34.1 Å². The van der Waals surface area contributed by atoms with Gasteiger partial charge in [0, 0.05) is 30.1 Å². The summed E-state index contributed by atoms with van der Waals surface area (Å²) in [6.07, 6.45) is 2.12. The Morgan fingerprint density at radius 3 is 2.88 bits per heavy atom. The lowest BCUT2D eigenvalue weighted by Crippen LogP contribution is -2.36. The third kappa shape index (κ3) is 5.05. The largest absolute Gasteiger partial charge is 0.380 e. The number of aromatic nitrogens is 1. The first-order chi connectivity index (χ1) is 7.76. The van der Waals surface area contributed by atoms with E-state index >= 15 is 0 Å². The molecule has 0 aromatic carbocycles. The van der Waals surface area contributed by atoms with Gasteiger partial charge >= 0.3 is 0 Å². The van der Waals surface area contributed by atoms with Crippen molar-refractivity contribution in [1.82, 2.24) is 10.3 Å². The lowest BCUT2D eigenvalue weighted by molar-refractivity contribution is 0.122. The van der Waals surface area contributed by atoms with Crippen molar-refractivity contribution in [3.63, 3.8) is 0 Å². The summed E-state index contributed by atoms with van der Waals surface area (Å²) in [5.74, 6) is 0. The summed E-state index contributed by atoms with van der Waals surface area (Å²) in [4.78, 5) is 4.49. The Balaban J connectivity index is 2.41. The molecule has 1 rings (SSSR count). The van der Waals surface area contributed by atoms with Gasteiger partial charge in [-0.2, -0.15) is 0 Å². The van der Waals surface area contributed by atoms with Crippen LogP contribution in [0.5, 0.6) is 0 Å². The molecule has 0 saturated heterocycles. The molecule has 92 valence electrons. The highest BCUT2D eigenvalue weighted by Crippen LogP contribution is 2.11. The van der Waals surface area contributed by atoms with Gasteiger partial charge in [0.25, 0.3) is 0 Å². The summed E-state index contributed by atoms with van der Waals surface area (Å²) in [6, 6.07) is 0.394. The molecule has 0 aliphatic rings. The third-order valence-corrected chi connectivity index (χ3v) is 3.28. The second kappa shape index (κ2) is 7.76. The Bertz CT molecular complexity index is 280. The molecule has 1 aromatic rings. The van der Waals surface area contributed by atoms with Crippen molar-refractivity contribution in [2.75, 3.05) is 19.8 Å². The quantitative estimate of drug-likeness (QED) is 0.760. The van der Waals surface area contributed by atoms with Crippen LogP contribution in [-0.2, 0) is 11.2 Å². The average Bonchev–Trinajstić information content (AvgIpc) is 2.68. The predicted molar refractivity (Wildman–Crippen MR) is 69.1 cm³/mol. The van der Waals surface area contributed by atoms with Gasteiger partial charge in [-0.1, -0.05) is 6.92 Å². The van der Waals surface area contributed by atoms with Crippen molar-refractivity contribution in [1.29, 1.82) is 0 Å². The SMILES string of the molecule is CCCNC(COCC)Cc1nc(C)cs1. The zero-order valence-electron chi connectivity index (χ0n) is 10.5. The summed E-state index contributed by atoms with van der Waals surface area (Å²) < 4.78 is 5.49. The van der Waals surface area contributed by atoms with Gasteiger partial charge in [-0.25, -0.2) is 4.98 Å². The molecule has 0 fully saturated rings. The van der Waals surface area contributed by atoms with Crippen LogP contribution in [0.4, 0.5) is 0 Å². The molecule has 1 unspecified atom stereocenters. The van der Waals surface area contributed by atoms with Crippen LogP contribution in [0.25, 0.3) is 0 Å². The van der Waals surface area contributed by atoms with Crippen molar-refractivity contribution in [2.24, 2.45) is 0 Å². The van der Waals surface area contributed by atoms with Crippen LogP contribution in [0.1, 0.15) is 31.0 Å². The number of hydrogen-bond acceptors (Lipinski definition) is 4. The predicted octanol–water partition coefficient (Wildman–Crippen LogP) is 2.40. The number of hydrogen-bond donors (Lipinski definition) is 1. The van der Waals surface area contributed by atoms with E-state index in [0.29, 0.717) is 6.04 Å². The third-order valence-electron chi connectivity index (χ3n) is 2.29. The number of aryl methyl sites for hydroxylation is 1. The van der Waals surface area contributed by atoms with E-state index in [1.165, 1.54) is 5.01 Å². The van der Waals surface area contributed by atoms with Gasteiger partial charge in [0.2, 0.25) is 0 Å². The molecule has 0 aliphatic heterocycles. The highest BCUT2D eigenvalue weighted by Gasteiger charge is 2.10. The monoisotopic (exact) mass is 242 g/mol. The minimum absolute atomic E-state index is 0.394. The van der Waals surface area contributed by atoms with Crippen molar-refractivity contribution in [3.8, 4) is 0 Å². The Kier molecular flexibility index (Phi) is 6.61. The smallest absolute Gasteiger partial charge is 0.0944 e. The van der Waals surface area contributed by atoms with Gasteiger partial charge in [-0.3, -0.25) is 0 Å². The minimum Gasteiger partial charge on any atom is -0.380 e. The number of nitrogens with one attached hydrogen (secondary N) is 1. The summed E-state index contributed by atoms with van der Waals surface area (Å²) >= 11 is 1.74. The Hall–Kier alpha value is -0.450. The standard InChI is InChI=1S/C12H22N2OS/c1-4-6-13-11(8-15-5-2)7-12-14-10(3)9-16-12/h9,11,13H,4-8H2,1-3H3. The van der Waals surface area contributed by atoms with E-state index in [-0.39, 0.29) is 0 Å². The zero-order chi connectivity index (χ0) is 11.8. The minimum atomic E-state index is 0.394. The molecule has 4 heteroatoms. The fourth-order valence-corrected chi connectivity index (χ4v) is 2.36. The van der Waals surface area contributed by atoms with Gasteiger partial charge in [-0.05, 0) is 26.8 Å². The zero-order valence-corrected chi connectivity index (χ0v) is 11.3. The van der Waals surface area contributed by atoms with Gasteiger partial charge < -0.3 is 10.1 Å². The fraction of sp³-hybridized carbons (Fsp3) is 0.750. The Morgan fingerprint density at radius 2 is 2.31 bits per heavy atom. The molecule has 0 bridgehead atoms. The molecule has 1 aromatic heterocycles. The number of nitrogens with zero attached hydrogens (tertiary/aromatic N) is 1. The molecular formula is C12H22N2OS. The second-order valence-corrected chi connectivity index (χ2v) is 4.84. The lowest BCUT2D eigenvalue weighted by Gasteiger charge is -2.16. The maximum Gasteiger partial charge on any atom is 0.0944 e. The fourth-order valence-electron chi connectivity index (χ4n) is 1.51. The van der Waals surface area contributed by atoms with Crippen LogP contribution in [0.2, 0.25) is 0 Å². The first kappa shape index (κ1) is 13.6. The Morgan fingerprint density at radius 1 is 1.50 bits per heavy atom. The van der Waals surface area contributed by atoms with E-state index in [1.807, 2.05) is 13.8 Å². The van der Waals surface area contributed by atoms with Gasteiger partial charge in [0.1, 0.15) is 0 Å². The highest BCUT2D eigenvalue weighted by molar-refractivity contribution is 7.09. The molecule has 1 heterocycles. The van der Waals surface area contributed by atoms with Crippen LogP contribution in [0.3, 0.4) is 0 Å². The van der Waals surface area contributed by atoms with Crippen molar-refractivity contribution in [2.45, 2.75) is 39.7 Å². The highest BCUT2D eigenvalue weighted by atomic mass is 32.1. The maximum absolute atomic E-state index is 5.49. The van der Waals surface area contributed by atoms with E-state index in [9.17, 15) is 0 Å². The molecule has 3 nitrogen and oxygen atoms in total. The van der Waals surface area contributed by atoms with E-state index in [2.05, 4.69) is 22.6 Å². The summed E-state index contributed by atoms with van der Waals surface area (Å²) in [5.41, 5.74) is 1.12. The molecular weight excluding hydrogens is 220 g/mol. The van der Waals surface area contributed by atoms with Crippen LogP contribution in [-0.4, -0.2) is 30.8 Å². The summed E-state index contributed by atoms with van der Waals surface area (Å²) in [7, 11) is 0. The van der Waals surface area contributed by atoms with Gasteiger partial charge in [-0.15, -0.1) is 11.3 Å².